The second-order valence-corrected chi connectivity index (χ2v) is 5.67. The maximum atomic E-state index is 6.28. The molecule has 0 saturated heterocycles. The number of nitrogens with two attached hydrogens (primary N) is 1. The first-order chi connectivity index (χ1) is 10.0. The van der Waals surface area contributed by atoms with Crippen LogP contribution < -0.4 is 5.73 Å². The van der Waals surface area contributed by atoms with E-state index in [-0.39, 0.29) is 0 Å². The SMILES string of the molecule is Cc1ccc(-n2nc(-c3ccc(Cl)cc3)cc2N)c(Cl)c1. The molecule has 3 nitrogen and oxygen atoms in total. The monoisotopic (exact) mass is 317 g/mol. The molecule has 0 fully saturated rings. The fraction of sp³-hybridized carbons (Fsp3) is 0.0625. The molecule has 3 rings (SSSR count). The Hall–Kier alpha value is -1.97. The first-order valence-electron chi connectivity index (χ1n) is 6.42. The molecular weight excluding hydrogens is 305 g/mol. The Morgan fingerprint density at radius 3 is 2.38 bits per heavy atom. The summed E-state index contributed by atoms with van der Waals surface area (Å²) in [7, 11) is 0. The van der Waals surface area contributed by atoms with Crippen LogP contribution in [0.5, 0.6) is 0 Å². The minimum atomic E-state index is 0.533. The van der Waals surface area contributed by atoms with E-state index in [0.717, 1.165) is 22.5 Å². The molecule has 0 aliphatic rings. The summed E-state index contributed by atoms with van der Waals surface area (Å²) >= 11 is 12.2. The van der Waals surface area contributed by atoms with Crippen LogP contribution in [0.2, 0.25) is 10.0 Å². The minimum Gasteiger partial charge on any atom is -0.384 e. The van der Waals surface area contributed by atoms with Crippen molar-refractivity contribution >= 4 is 29.0 Å². The van der Waals surface area contributed by atoms with Gasteiger partial charge in [0.05, 0.1) is 16.4 Å². The van der Waals surface area contributed by atoms with E-state index in [0.29, 0.717) is 15.9 Å². The van der Waals surface area contributed by atoms with Gasteiger partial charge in [0.15, 0.2) is 0 Å². The van der Waals surface area contributed by atoms with Crippen LogP contribution in [0.15, 0.2) is 48.5 Å². The summed E-state index contributed by atoms with van der Waals surface area (Å²) in [5.41, 5.74) is 9.65. The Morgan fingerprint density at radius 1 is 1.00 bits per heavy atom. The average Bonchev–Trinajstić information content (AvgIpc) is 2.81. The summed E-state index contributed by atoms with van der Waals surface area (Å²) in [5, 5.41) is 5.84. The van der Waals surface area contributed by atoms with Gasteiger partial charge in [-0.3, -0.25) is 0 Å². The second-order valence-electron chi connectivity index (χ2n) is 4.83. The lowest BCUT2D eigenvalue weighted by molar-refractivity contribution is 0.895. The molecule has 0 radical (unpaired) electrons. The number of aryl methyl sites for hydroxylation is 1. The molecule has 0 saturated carbocycles. The molecule has 1 aromatic heterocycles. The van der Waals surface area contributed by atoms with Crippen molar-refractivity contribution in [2.75, 3.05) is 5.73 Å². The van der Waals surface area contributed by atoms with E-state index in [1.807, 2.05) is 55.5 Å². The normalized spacial score (nSPS) is 10.8. The highest BCUT2D eigenvalue weighted by atomic mass is 35.5. The van der Waals surface area contributed by atoms with Gasteiger partial charge >= 0.3 is 0 Å². The number of aromatic nitrogens is 2. The van der Waals surface area contributed by atoms with Crippen LogP contribution in [-0.2, 0) is 0 Å². The van der Waals surface area contributed by atoms with Crippen LogP contribution in [0.4, 0.5) is 5.82 Å². The molecule has 0 spiro atoms. The quantitative estimate of drug-likeness (QED) is 0.742. The summed E-state index contributed by atoms with van der Waals surface area (Å²) in [6.45, 7) is 1.99. The molecule has 0 atom stereocenters. The lowest BCUT2D eigenvalue weighted by atomic mass is 10.1. The molecule has 0 amide bonds. The van der Waals surface area contributed by atoms with Crippen LogP contribution in [0.1, 0.15) is 5.56 Å². The summed E-state index contributed by atoms with van der Waals surface area (Å²) in [6, 6.07) is 15.1. The predicted molar refractivity (Wildman–Crippen MR) is 88.2 cm³/mol. The Labute approximate surface area is 132 Å². The van der Waals surface area contributed by atoms with Gasteiger partial charge in [0.1, 0.15) is 5.82 Å². The van der Waals surface area contributed by atoms with Crippen LogP contribution in [0.3, 0.4) is 0 Å². The molecule has 5 heteroatoms. The summed E-state index contributed by atoms with van der Waals surface area (Å²) in [5.74, 6) is 0.533. The van der Waals surface area contributed by atoms with Gasteiger partial charge in [0.2, 0.25) is 0 Å². The largest absolute Gasteiger partial charge is 0.384 e. The number of hydrogen-bond donors (Lipinski definition) is 1. The number of rotatable bonds is 2. The molecule has 106 valence electrons. The molecule has 0 aliphatic heterocycles. The van der Waals surface area contributed by atoms with Gasteiger partial charge in [-0.25, -0.2) is 4.68 Å². The van der Waals surface area contributed by atoms with E-state index in [1.165, 1.54) is 0 Å². The molecule has 3 aromatic rings. The summed E-state index contributed by atoms with van der Waals surface area (Å²) in [6.07, 6.45) is 0. The maximum absolute atomic E-state index is 6.28. The fourth-order valence-corrected chi connectivity index (χ4v) is 2.58. The van der Waals surface area contributed by atoms with Gasteiger partial charge in [-0.1, -0.05) is 41.4 Å². The lowest BCUT2D eigenvalue weighted by Crippen LogP contribution is -2.02. The van der Waals surface area contributed by atoms with Crippen LogP contribution in [0, 0.1) is 6.92 Å². The van der Waals surface area contributed by atoms with Gasteiger partial charge < -0.3 is 5.73 Å². The van der Waals surface area contributed by atoms with Crippen molar-refractivity contribution in [2.45, 2.75) is 6.92 Å². The lowest BCUT2D eigenvalue weighted by Gasteiger charge is -2.07. The first-order valence-corrected chi connectivity index (χ1v) is 7.18. The van der Waals surface area contributed by atoms with E-state index in [2.05, 4.69) is 5.10 Å². The highest BCUT2D eigenvalue weighted by Gasteiger charge is 2.11. The summed E-state index contributed by atoms with van der Waals surface area (Å²) < 4.78 is 1.64. The van der Waals surface area contributed by atoms with E-state index < -0.39 is 0 Å². The van der Waals surface area contributed by atoms with Crippen molar-refractivity contribution in [1.29, 1.82) is 0 Å². The molecule has 21 heavy (non-hydrogen) atoms. The molecule has 0 aliphatic carbocycles. The van der Waals surface area contributed by atoms with E-state index in [1.54, 1.807) is 4.68 Å². The Kier molecular flexibility index (Phi) is 3.62. The number of benzene rings is 2. The topological polar surface area (TPSA) is 43.8 Å². The van der Waals surface area contributed by atoms with Crippen molar-refractivity contribution < 1.29 is 0 Å². The Bertz CT molecular complexity index is 792. The second kappa shape index (κ2) is 5.43. The minimum absolute atomic E-state index is 0.533. The van der Waals surface area contributed by atoms with Crippen LogP contribution in [0.25, 0.3) is 16.9 Å². The van der Waals surface area contributed by atoms with Gasteiger partial charge in [0, 0.05) is 16.7 Å². The van der Waals surface area contributed by atoms with Crippen LogP contribution >= 0.6 is 23.2 Å². The highest BCUT2D eigenvalue weighted by Crippen LogP contribution is 2.27. The van der Waals surface area contributed by atoms with Crippen molar-refractivity contribution in [3.63, 3.8) is 0 Å². The van der Waals surface area contributed by atoms with Gasteiger partial charge in [-0.05, 0) is 36.8 Å². The smallest absolute Gasteiger partial charge is 0.127 e. The third kappa shape index (κ3) is 2.75. The number of halogens is 2. The van der Waals surface area contributed by atoms with Crippen molar-refractivity contribution in [2.24, 2.45) is 0 Å². The molecule has 2 N–H and O–H groups in total. The highest BCUT2D eigenvalue weighted by molar-refractivity contribution is 6.32. The van der Waals surface area contributed by atoms with Crippen molar-refractivity contribution in [3.05, 3.63) is 64.1 Å². The third-order valence-electron chi connectivity index (χ3n) is 3.21. The molecular formula is C16H13Cl2N3. The maximum Gasteiger partial charge on any atom is 0.127 e. The molecule has 1 heterocycles. The number of hydrogen-bond acceptors (Lipinski definition) is 2. The van der Waals surface area contributed by atoms with Crippen LogP contribution in [-0.4, -0.2) is 9.78 Å². The van der Waals surface area contributed by atoms with Gasteiger partial charge in [-0.15, -0.1) is 0 Å². The number of anilines is 1. The van der Waals surface area contributed by atoms with Gasteiger partial charge in [0.25, 0.3) is 0 Å². The van der Waals surface area contributed by atoms with E-state index >= 15 is 0 Å². The van der Waals surface area contributed by atoms with E-state index in [4.69, 9.17) is 28.9 Å². The first kappa shape index (κ1) is 14.0. The molecule has 0 unspecified atom stereocenters. The zero-order chi connectivity index (χ0) is 15.0. The third-order valence-corrected chi connectivity index (χ3v) is 3.76. The molecule has 0 bridgehead atoms. The summed E-state index contributed by atoms with van der Waals surface area (Å²) in [4.78, 5) is 0. The van der Waals surface area contributed by atoms with E-state index in [9.17, 15) is 0 Å². The Morgan fingerprint density at radius 2 is 1.71 bits per heavy atom. The number of nitrogen functional groups attached to an aromatic ring is 1. The number of nitrogens with zero attached hydrogens (tertiary/aromatic N) is 2. The van der Waals surface area contributed by atoms with Crippen molar-refractivity contribution in [3.8, 4) is 16.9 Å². The Balaban J connectivity index is 2.07. The average molecular weight is 318 g/mol. The zero-order valence-electron chi connectivity index (χ0n) is 11.3. The fourth-order valence-electron chi connectivity index (χ4n) is 2.13. The zero-order valence-corrected chi connectivity index (χ0v) is 12.9. The standard InChI is InChI=1S/C16H13Cl2N3/c1-10-2-7-15(13(18)8-10)21-16(19)9-14(20-21)11-3-5-12(17)6-4-11/h2-9H,19H2,1H3. The predicted octanol–water partition coefficient (Wildman–Crippen LogP) is 4.74. The van der Waals surface area contributed by atoms with Crippen molar-refractivity contribution in [1.82, 2.24) is 9.78 Å². The molecule has 2 aromatic carbocycles. The van der Waals surface area contributed by atoms with Gasteiger partial charge in [-0.2, -0.15) is 5.10 Å².